The molecule has 0 saturated carbocycles. The summed E-state index contributed by atoms with van der Waals surface area (Å²) in [5, 5.41) is 0. The van der Waals surface area contributed by atoms with Crippen LogP contribution in [0.4, 0.5) is 0 Å². The van der Waals surface area contributed by atoms with E-state index in [1.54, 1.807) is 15.9 Å². The Hall–Kier alpha value is 2.94. The second kappa shape index (κ2) is 28.3. The van der Waals surface area contributed by atoms with Crippen molar-refractivity contribution in [3.63, 3.8) is 0 Å². The molecule has 5 heavy (non-hydrogen) atoms. The van der Waals surface area contributed by atoms with Crippen LogP contribution in [0.15, 0.2) is 0 Å². The normalized spacial score (nSPS) is 0.800. The van der Waals surface area contributed by atoms with Crippen LogP contribution in [0, 0.1) is 0 Å². The first-order valence-corrected chi connectivity index (χ1v) is 0.636. The van der Waals surface area contributed by atoms with Gasteiger partial charge in [-0.2, -0.15) is 0 Å². The van der Waals surface area contributed by atoms with E-state index >= 15 is 0 Å². The average Bonchev–Trinajstić information content (AvgIpc) is 1.00. The van der Waals surface area contributed by atoms with E-state index in [4.69, 9.17) is 3.83 Å². The molecule has 1 radical (unpaired) electrons. The van der Waals surface area contributed by atoms with Crippen LogP contribution in [0.3, 0.4) is 0 Å². The van der Waals surface area contributed by atoms with E-state index in [1.807, 2.05) is 0 Å². The van der Waals surface area contributed by atoms with Crippen molar-refractivity contribution in [1.82, 2.24) is 0 Å². The molecule has 0 aliphatic carbocycles. The first kappa shape index (κ1) is 24.6. The minimum absolute atomic E-state index is 0. The second-order valence-corrected chi connectivity index (χ2v) is 0. The molecule has 0 saturated heterocycles. The Morgan fingerprint density at radius 3 is 1.20 bits per heavy atom. The van der Waals surface area contributed by atoms with Crippen molar-refractivity contribution in [3.05, 3.63) is 0 Å². The van der Waals surface area contributed by atoms with Crippen LogP contribution in [0.1, 0.15) is 0 Å². The second-order valence-electron chi connectivity index (χ2n) is 0. The maximum absolute atomic E-state index is 8.06. The third-order valence-electron chi connectivity index (χ3n) is 0. The zero-order valence-electron chi connectivity index (χ0n) is 1.50. The third-order valence-corrected chi connectivity index (χ3v) is 0. The summed E-state index contributed by atoms with van der Waals surface area (Å²) in [5.74, 6) is 0. The molecule has 34 valence electrons. The first-order chi connectivity index (χ1) is 1.00. The van der Waals surface area contributed by atoms with Crippen molar-refractivity contribution in [2.75, 3.05) is 0 Å². The van der Waals surface area contributed by atoms with Gasteiger partial charge in [0.2, 0.25) is 0 Å². The van der Waals surface area contributed by atoms with Gasteiger partial charge in [0.15, 0.2) is 0 Å². The van der Waals surface area contributed by atoms with Crippen LogP contribution in [-0.2, 0) is 54.2 Å². The van der Waals surface area contributed by atoms with Gasteiger partial charge in [0.05, 0.1) is 0 Å². The van der Waals surface area contributed by atoms with Gasteiger partial charge in [-0.3, -0.25) is 0 Å². The maximum atomic E-state index is 8.06. The van der Waals surface area contributed by atoms with Crippen molar-refractivity contribution >= 4 is 48.9 Å². The molecule has 0 amide bonds. The Morgan fingerprint density at radius 1 is 1.20 bits per heavy atom. The van der Waals surface area contributed by atoms with Crippen LogP contribution in [-0.4, -0.2) is 48.9 Å². The zero-order chi connectivity index (χ0) is 2.00. The molecule has 0 rings (SSSR count). The first-order valence-electron chi connectivity index (χ1n) is 0.154. The molecule has 0 unspecified atom stereocenters. The summed E-state index contributed by atoms with van der Waals surface area (Å²) in [5.41, 5.74) is 0. The number of hydrogen-bond donors (Lipinski definition) is 0. The quantitative estimate of drug-likeness (QED) is 0.520. The molecular weight excluding hydrogens is 324 g/mol. The Labute approximate surface area is 101 Å². The third kappa shape index (κ3) is 19.6. The van der Waals surface area contributed by atoms with Gasteiger partial charge in [0.1, 0.15) is 0 Å². The molecule has 0 aromatic carbocycles. The Balaban J connectivity index is -0.00000000167. The fourth-order valence-electron chi connectivity index (χ4n) is 0. The van der Waals surface area contributed by atoms with Gasteiger partial charge in [-0.25, -0.2) is 0 Å². The van der Waals surface area contributed by atoms with E-state index in [0.717, 1.165) is 0 Å². The fourth-order valence-corrected chi connectivity index (χ4v) is 0. The standard InChI is InChI=1S/Ba.Cr.Cu.Mn.O.2H. The molecule has 0 fully saturated rings. The van der Waals surface area contributed by atoms with Gasteiger partial charge in [0, 0.05) is 34.4 Å². The molecule has 0 spiro atoms. The van der Waals surface area contributed by atoms with Crippen molar-refractivity contribution in [1.29, 1.82) is 0 Å². The summed E-state index contributed by atoms with van der Waals surface area (Å²) in [4.78, 5) is 0. The molecule has 0 aliphatic rings. The number of hydrogen-bond acceptors (Lipinski definition) is 1. The van der Waals surface area contributed by atoms with Gasteiger partial charge in [-0.05, 0) is 0 Å². The minimum atomic E-state index is 0. The van der Waals surface area contributed by atoms with Gasteiger partial charge < -0.3 is 0 Å². The Bertz CT molecular complexity index is 11.6. The van der Waals surface area contributed by atoms with E-state index in [9.17, 15) is 0 Å². The van der Waals surface area contributed by atoms with Crippen molar-refractivity contribution in [2.24, 2.45) is 0 Å². The molecular formula is H2BaCrCuMnO. The molecule has 0 aromatic rings. The average molecular weight is 326 g/mol. The van der Waals surface area contributed by atoms with Gasteiger partial charge in [-0.1, -0.05) is 0 Å². The predicted octanol–water partition coefficient (Wildman–Crippen LogP) is -1.04. The topological polar surface area (TPSA) is 17.1 Å². The Kier molecular flexibility index (Phi) is 139. The molecule has 0 atom stereocenters. The number of rotatable bonds is 0. The summed E-state index contributed by atoms with van der Waals surface area (Å²) in [7, 11) is 0. The van der Waals surface area contributed by atoms with E-state index in [2.05, 4.69) is 0 Å². The monoisotopic (exact) mass is 326 g/mol. The molecule has 0 aromatic heterocycles. The summed E-state index contributed by atoms with van der Waals surface area (Å²) < 4.78 is 8.06. The van der Waals surface area contributed by atoms with Crippen molar-refractivity contribution < 1.29 is 54.2 Å². The van der Waals surface area contributed by atoms with Crippen molar-refractivity contribution in [2.45, 2.75) is 0 Å². The van der Waals surface area contributed by atoms with E-state index in [0.29, 0.717) is 0 Å². The predicted molar refractivity (Wildman–Crippen MR) is 9.23 cm³/mol. The van der Waals surface area contributed by atoms with Crippen LogP contribution < -0.4 is 0 Å². The van der Waals surface area contributed by atoms with E-state index in [-0.39, 0.29) is 83.3 Å². The molecule has 5 heteroatoms. The summed E-state index contributed by atoms with van der Waals surface area (Å²) >= 11 is 1.69. The van der Waals surface area contributed by atoms with Crippen LogP contribution in [0.25, 0.3) is 0 Å². The van der Waals surface area contributed by atoms with Gasteiger partial charge >= 0.3 is 68.7 Å². The van der Waals surface area contributed by atoms with Crippen LogP contribution in [0.2, 0.25) is 0 Å². The summed E-state index contributed by atoms with van der Waals surface area (Å²) in [6, 6.07) is 0. The van der Waals surface area contributed by atoms with Crippen LogP contribution in [0.5, 0.6) is 0 Å². The van der Waals surface area contributed by atoms with Crippen molar-refractivity contribution in [3.8, 4) is 0 Å². The molecule has 0 heterocycles. The zero-order valence-corrected chi connectivity index (χ0v) is 4.89. The molecule has 1 nitrogen and oxygen atoms in total. The molecule has 0 N–H and O–H groups in total. The SMILES string of the molecule is [BaH2].[Cr].[Cu].[O]=[Mn]. The Morgan fingerprint density at radius 2 is 1.20 bits per heavy atom. The summed E-state index contributed by atoms with van der Waals surface area (Å²) in [6.07, 6.45) is 0. The van der Waals surface area contributed by atoms with E-state index < -0.39 is 0 Å². The van der Waals surface area contributed by atoms with E-state index in [1.165, 1.54) is 0 Å². The fraction of sp³-hybridized carbons (Fsp3) is 0. The molecule has 0 aliphatic heterocycles. The van der Waals surface area contributed by atoms with Crippen LogP contribution >= 0.6 is 0 Å². The van der Waals surface area contributed by atoms with Gasteiger partial charge in [0.25, 0.3) is 0 Å². The van der Waals surface area contributed by atoms with Gasteiger partial charge in [-0.15, -0.1) is 0 Å². The summed E-state index contributed by atoms with van der Waals surface area (Å²) in [6.45, 7) is 0. The molecule has 0 bridgehead atoms.